The van der Waals surface area contributed by atoms with Crippen LogP contribution in [-0.2, 0) is 24.8 Å². The summed E-state index contributed by atoms with van der Waals surface area (Å²) in [6.07, 6.45) is 0. The molecule has 0 bridgehead atoms. The number of hydrogen-bond donors (Lipinski definition) is 0. The number of anilines is 1. The van der Waals surface area contributed by atoms with Crippen LogP contribution in [0, 0.1) is 5.82 Å². The van der Waals surface area contributed by atoms with E-state index in [9.17, 15) is 26.0 Å². The Bertz CT molecular complexity index is 1600. The van der Waals surface area contributed by atoms with E-state index < -0.39 is 38.3 Å². The van der Waals surface area contributed by atoms with Crippen LogP contribution in [0.4, 0.5) is 10.1 Å². The van der Waals surface area contributed by atoms with Gasteiger partial charge < -0.3 is 14.4 Å². The molecule has 214 valence electrons. The molecule has 1 amide bonds. The van der Waals surface area contributed by atoms with Crippen molar-refractivity contribution in [2.45, 2.75) is 9.79 Å². The third kappa shape index (κ3) is 6.02. The smallest absolute Gasteiger partial charge is 0.264 e. The van der Waals surface area contributed by atoms with Crippen LogP contribution in [0.15, 0.2) is 76.5 Å². The van der Waals surface area contributed by atoms with Gasteiger partial charge in [-0.05, 0) is 42.5 Å². The number of carbonyl (C=O) groups is 1. The highest BCUT2D eigenvalue weighted by molar-refractivity contribution is 7.92. The molecule has 1 aliphatic rings. The average molecular weight is 612 g/mol. The number of benzene rings is 3. The van der Waals surface area contributed by atoms with E-state index in [0.717, 1.165) is 16.4 Å². The lowest BCUT2D eigenvalue weighted by Crippen LogP contribution is -2.53. The van der Waals surface area contributed by atoms with E-state index in [1.54, 1.807) is 18.2 Å². The van der Waals surface area contributed by atoms with Gasteiger partial charge in [0.25, 0.3) is 10.0 Å². The zero-order valence-electron chi connectivity index (χ0n) is 21.7. The molecule has 0 atom stereocenters. The molecule has 14 heteroatoms. The van der Waals surface area contributed by atoms with Gasteiger partial charge in [-0.3, -0.25) is 9.10 Å². The molecule has 1 fully saturated rings. The Hall–Kier alpha value is -3.39. The largest absolute Gasteiger partial charge is 0.493 e. The molecular formula is C26H27ClFN3O7S2. The summed E-state index contributed by atoms with van der Waals surface area (Å²) in [6, 6.07) is 15.3. The van der Waals surface area contributed by atoms with Crippen molar-refractivity contribution in [3.05, 3.63) is 77.6 Å². The van der Waals surface area contributed by atoms with Gasteiger partial charge in [-0.2, -0.15) is 4.31 Å². The molecule has 3 aromatic rings. The summed E-state index contributed by atoms with van der Waals surface area (Å²) in [5, 5.41) is -0.322. The Kier molecular flexibility index (Phi) is 8.88. The second-order valence-corrected chi connectivity index (χ2v) is 12.9. The summed E-state index contributed by atoms with van der Waals surface area (Å²) < 4.78 is 79.9. The van der Waals surface area contributed by atoms with E-state index in [1.165, 1.54) is 59.8 Å². The topological polar surface area (TPSA) is 114 Å². The van der Waals surface area contributed by atoms with E-state index in [-0.39, 0.29) is 52.4 Å². The molecule has 1 heterocycles. The van der Waals surface area contributed by atoms with Crippen LogP contribution in [0.3, 0.4) is 0 Å². The van der Waals surface area contributed by atoms with Crippen molar-refractivity contribution < 1.29 is 35.5 Å². The lowest BCUT2D eigenvalue weighted by molar-refractivity contribution is -0.130. The maximum absolute atomic E-state index is 13.9. The Morgan fingerprint density at radius 3 is 2.12 bits per heavy atom. The minimum Gasteiger partial charge on any atom is -0.493 e. The Balaban J connectivity index is 1.59. The van der Waals surface area contributed by atoms with Crippen LogP contribution in [0.2, 0.25) is 5.02 Å². The van der Waals surface area contributed by atoms with Crippen LogP contribution in [0.1, 0.15) is 0 Å². The summed E-state index contributed by atoms with van der Waals surface area (Å²) in [7, 11) is -5.36. The van der Waals surface area contributed by atoms with Gasteiger partial charge in [0.05, 0.1) is 34.7 Å². The number of methoxy groups -OCH3 is 2. The number of carbonyl (C=O) groups excluding carboxylic acids is 1. The first-order chi connectivity index (χ1) is 19.0. The molecule has 0 aromatic heterocycles. The fourth-order valence-corrected chi connectivity index (χ4v) is 7.24. The Labute approximate surface area is 237 Å². The van der Waals surface area contributed by atoms with Gasteiger partial charge in [0.15, 0.2) is 11.5 Å². The highest BCUT2D eigenvalue weighted by atomic mass is 35.5. The highest BCUT2D eigenvalue weighted by Gasteiger charge is 2.34. The van der Waals surface area contributed by atoms with Gasteiger partial charge in [0.2, 0.25) is 15.9 Å². The number of sulfonamides is 2. The first-order valence-electron chi connectivity index (χ1n) is 12.0. The van der Waals surface area contributed by atoms with Crippen LogP contribution < -0.4 is 13.8 Å². The van der Waals surface area contributed by atoms with Crippen molar-refractivity contribution in [2.24, 2.45) is 0 Å². The molecule has 1 aliphatic heterocycles. The SMILES string of the molecule is COc1ccc(S(=O)(=O)N(CC(=O)N2CCN(S(=O)(=O)c3ccccc3)CC2)c2ccc(F)c(Cl)c2)cc1OC. The standard InChI is InChI=1S/C26H27ClFN3O7S2/c1-37-24-11-9-21(17-25(24)38-2)40(35,36)31(19-8-10-23(28)22(27)16-19)18-26(32)29-12-14-30(15-13-29)39(33,34)20-6-4-3-5-7-20/h3-11,16-17H,12-15,18H2,1-2H3. The molecule has 4 rings (SSSR count). The number of nitrogens with zero attached hydrogens (tertiary/aromatic N) is 3. The molecule has 0 spiro atoms. The van der Waals surface area contributed by atoms with E-state index >= 15 is 0 Å². The Morgan fingerprint density at radius 1 is 0.875 bits per heavy atom. The molecule has 0 radical (unpaired) electrons. The molecule has 1 saturated heterocycles. The van der Waals surface area contributed by atoms with Crippen molar-refractivity contribution in [2.75, 3.05) is 51.2 Å². The van der Waals surface area contributed by atoms with Crippen molar-refractivity contribution in [1.82, 2.24) is 9.21 Å². The normalized spacial score (nSPS) is 14.6. The van der Waals surface area contributed by atoms with Gasteiger partial charge in [-0.1, -0.05) is 29.8 Å². The molecule has 40 heavy (non-hydrogen) atoms. The lowest BCUT2D eigenvalue weighted by atomic mass is 10.3. The third-order valence-electron chi connectivity index (χ3n) is 6.39. The van der Waals surface area contributed by atoms with Crippen molar-refractivity contribution in [3.63, 3.8) is 0 Å². The predicted molar refractivity (Wildman–Crippen MR) is 147 cm³/mol. The predicted octanol–water partition coefficient (Wildman–Crippen LogP) is 3.22. The van der Waals surface area contributed by atoms with E-state index in [2.05, 4.69) is 0 Å². The number of piperazine rings is 1. The van der Waals surface area contributed by atoms with E-state index in [0.29, 0.717) is 5.75 Å². The maximum atomic E-state index is 13.9. The number of rotatable bonds is 9. The quantitative estimate of drug-likeness (QED) is 0.365. The van der Waals surface area contributed by atoms with Gasteiger partial charge in [-0.15, -0.1) is 0 Å². The van der Waals surface area contributed by atoms with Crippen molar-refractivity contribution in [1.29, 1.82) is 0 Å². The summed E-state index contributed by atoms with van der Waals surface area (Å²) in [5.74, 6) is -0.864. The first kappa shape index (κ1) is 29.6. The second-order valence-electron chi connectivity index (χ2n) is 8.72. The van der Waals surface area contributed by atoms with Crippen LogP contribution in [-0.4, -0.2) is 78.9 Å². The first-order valence-corrected chi connectivity index (χ1v) is 15.3. The average Bonchev–Trinajstić information content (AvgIpc) is 2.97. The van der Waals surface area contributed by atoms with Crippen LogP contribution in [0.25, 0.3) is 0 Å². The highest BCUT2D eigenvalue weighted by Crippen LogP contribution is 2.33. The van der Waals surface area contributed by atoms with Gasteiger partial charge in [-0.25, -0.2) is 21.2 Å². The molecular weight excluding hydrogens is 585 g/mol. The van der Waals surface area contributed by atoms with Crippen molar-refractivity contribution >= 4 is 43.2 Å². The molecule has 3 aromatic carbocycles. The van der Waals surface area contributed by atoms with Gasteiger partial charge >= 0.3 is 0 Å². The minimum absolute atomic E-state index is 0.0279. The Morgan fingerprint density at radius 2 is 1.52 bits per heavy atom. The zero-order chi connectivity index (χ0) is 29.1. The number of hydrogen-bond acceptors (Lipinski definition) is 7. The fraction of sp³-hybridized carbons (Fsp3) is 0.269. The monoisotopic (exact) mass is 611 g/mol. The summed E-state index contributed by atoms with van der Waals surface area (Å²) in [4.78, 5) is 14.7. The van der Waals surface area contributed by atoms with Gasteiger partial charge in [0, 0.05) is 32.2 Å². The summed E-state index contributed by atoms with van der Waals surface area (Å²) >= 11 is 5.95. The van der Waals surface area contributed by atoms with E-state index in [4.69, 9.17) is 21.1 Å². The molecule has 0 N–H and O–H groups in total. The fourth-order valence-electron chi connectivity index (χ4n) is 4.20. The van der Waals surface area contributed by atoms with Gasteiger partial charge in [0.1, 0.15) is 12.4 Å². The molecule has 0 aliphatic carbocycles. The van der Waals surface area contributed by atoms with E-state index in [1.807, 2.05) is 0 Å². The zero-order valence-corrected chi connectivity index (χ0v) is 24.0. The third-order valence-corrected chi connectivity index (χ3v) is 10.4. The number of halogens is 2. The second kappa shape index (κ2) is 12.0. The lowest BCUT2D eigenvalue weighted by Gasteiger charge is -2.35. The summed E-state index contributed by atoms with van der Waals surface area (Å²) in [5.41, 5.74) is -0.0279. The summed E-state index contributed by atoms with van der Waals surface area (Å²) in [6.45, 7) is -0.454. The van der Waals surface area contributed by atoms with Crippen LogP contribution >= 0.6 is 11.6 Å². The molecule has 0 saturated carbocycles. The molecule has 10 nitrogen and oxygen atoms in total. The minimum atomic E-state index is -4.38. The molecule has 0 unspecified atom stereocenters. The van der Waals surface area contributed by atoms with Crippen LogP contribution in [0.5, 0.6) is 11.5 Å². The van der Waals surface area contributed by atoms with Crippen molar-refractivity contribution in [3.8, 4) is 11.5 Å². The maximum Gasteiger partial charge on any atom is 0.264 e. The number of ether oxygens (including phenoxy) is 2. The number of amides is 1.